The van der Waals surface area contributed by atoms with Gasteiger partial charge in [0.15, 0.2) is 0 Å². The third kappa shape index (κ3) is 2.76. The first-order chi connectivity index (χ1) is 8.08. The van der Waals surface area contributed by atoms with Crippen LogP contribution in [0, 0.1) is 0 Å². The third-order valence-corrected chi connectivity index (χ3v) is 3.31. The molecule has 6 heteroatoms. The average Bonchev–Trinajstić information content (AvgIpc) is 2.25. The molecule has 2 saturated heterocycles. The first kappa shape index (κ1) is 12.3. The number of carbonyl (C=O) groups is 2. The van der Waals surface area contributed by atoms with Crippen LogP contribution in [0.3, 0.4) is 0 Å². The Morgan fingerprint density at radius 3 is 2.88 bits per heavy atom. The van der Waals surface area contributed by atoms with E-state index in [0.717, 1.165) is 0 Å². The number of nitrogens with one attached hydrogen (secondary N) is 1. The number of amides is 2. The van der Waals surface area contributed by atoms with E-state index in [9.17, 15) is 9.59 Å². The molecule has 17 heavy (non-hydrogen) atoms. The van der Waals surface area contributed by atoms with Gasteiger partial charge < -0.3 is 20.7 Å². The summed E-state index contributed by atoms with van der Waals surface area (Å²) < 4.78 is 4.98. The van der Waals surface area contributed by atoms with Crippen LogP contribution in [-0.4, -0.2) is 54.6 Å². The molecule has 96 valence electrons. The number of piperidine rings is 1. The third-order valence-electron chi connectivity index (χ3n) is 3.31. The molecular weight excluding hydrogens is 222 g/mol. The van der Waals surface area contributed by atoms with Crippen LogP contribution in [0.2, 0.25) is 0 Å². The predicted molar refractivity (Wildman–Crippen MR) is 61.1 cm³/mol. The fraction of sp³-hybridized carbons (Fsp3) is 0.818. The Balaban J connectivity index is 1.90. The lowest BCUT2D eigenvalue weighted by atomic mass is 10.0. The Morgan fingerprint density at radius 1 is 1.59 bits per heavy atom. The number of likely N-dealkylation sites (tertiary alicyclic amines) is 1. The zero-order valence-corrected chi connectivity index (χ0v) is 10.0. The lowest BCUT2D eigenvalue weighted by Gasteiger charge is -2.36. The minimum absolute atomic E-state index is 0.0132. The normalized spacial score (nSPS) is 27.5. The van der Waals surface area contributed by atoms with E-state index < -0.39 is 6.04 Å². The summed E-state index contributed by atoms with van der Waals surface area (Å²) in [7, 11) is 0. The van der Waals surface area contributed by atoms with Gasteiger partial charge in [0.05, 0.1) is 19.3 Å². The molecule has 2 amide bonds. The Bertz CT molecular complexity index is 317. The van der Waals surface area contributed by atoms with Crippen molar-refractivity contribution in [2.24, 2.45) is 5.73 Å². The summed E-state index contributed by atoms with van der Waals surface area (Å²) >= 11 is 0. The maximum Gasteiger partial charge on any atom is 0.242 e. The first-order valence-corrected chi connectivity index (χ1v) is 6.01. The molecule has 0 aromatic rings. The molecule has 2 unspecified atom stereocenters. The van der Waals surface area contributed by atoms with Crippen LogP contribution in [0.5, 0.6) is 0 Å². The summed E-state index contributed by atoms with van der Waals surface area (Å²) in [6.07, 6.45) is 1.14. The standard InChI is InChI=1S/C11H19N3O3/c1-7(11(16)13-9-5-17-6-9)14-4-8(12)2-3-10(14)15/h7-9H,2-6,12H2,1H3,(H,13,16). The molecule has 0 spiro atoms. The number of rotatable bonds is 3. The molecule has 2 atom stereocenters. The van der Waals surface area contributed by atoms with Crippen molar-refractivity contribution < 1.29 is 14.3 Å². The van der Waals surface area contributed by atoms with Gasteiger partial charge in [0.25, 0.3) is 0 Å². The highest BCUT2D eigenvalue weighted by Gasteiger charge is 2.32. The number of nitrogens with zero attached hydrogens (tertiary/aromatic N) is 1. The van der Waals surface area contributed by atoms with Crippen molar-refractivity contribution in [2.45, 2.75) is 37.9 Å². The highest BCUT2D eigenvalue weighted by atomic mass is 16.5. The van der Waals surface area contributed by atoms with Crippen LogP contribution < -0.4 is 11.1 Å². The molecule has 6 nitrogen and oxygen atoms in total. The van der Waals surface area contributed by atoms with Crippen LogP contribution >= 0.6 is 0 Å². The maximum absolute atomic E-state index is 11.9. The topological polar surface area (TPSA) is 84.7 Å². The predicted octanol–water partition coefficient (Wildman–Crippen LogP) is -1.16. The quantitative estimate of drug-likeness (QED) is 0.652. The van der Waals surface area contributed by atoms with Crippen LogP contribution in [-0.2, 0) is 14.3 Å². The molecule has 2 rings (SSSR count). The fourth-order valence-corrected chi connectivity index (χ4v) is 2.05. The van der Waals surface area contributed by atoms with Gasteiger partial charge in [-0.2, -0.15) is 0 Å². The molecule has 0 aliphatic carbocycles. The summed E-state index contributed by atoms with van der Waals surface area (Å²) in [4.78, 5) is 25.2. The molecule has 2 heterocycles. The summed E-state index contributed by atoms with van der Waals surface area (Å²) in [5.74, 6) is -0.111. The second kappa shape index (κ2) is 5.01. The van der Waals surface area contributed by atoms with Crippen LogP contribution in [0.15, 0.2) is 0 Å². The Morgan fingerprint density at radius 2 is 2.29 bits per heavy atom. The van der Waals surface area contributed by atoms with Gasteiger partial charge in [0.2, 0.25) is 11.8 Å². The number of nitrogens with two attached hydrogens (primary N) is 1. The number of hydrogen-bond acceptors (Lipinski definition) is 4. The van der Waals surface area contributed by atoms with Crippen molar-refractivity contribution in [2.75, 3.05) is 19.8 Å². The second-order valence-corrected chi connectivity index (χ2v) is 4.76. The van der Waals surface area contributed by atoms with E-state index >= 15 is 0 Å². The van der Waals surface area contributed by atoms with Crippen LogP contribution in [0.4, 0.5) is 0 Å². The van der Waals surface area contributed by atoms with Gasteiger partial charge in [-0.15, -0.1) is 0 Å². The molecule has 0 radical (unpaired) electrons. The molecule has 0 aromatic carbocycles. The Labute approximate surface area is 100 Å². The van der Waals surface area contributed by atoms with Crippen molar-refractivity contribution in [3.8, 4) is 0 Å². The van der Waals surface area contributed by atoms with Crippen molar-refractivity contribution in [3.63, 3.8) is 0 Å². The lowest BCUT2D eigenvalue weighted by Crippen LogP contribution is -2.58. The van der Waals surface area contributed by atoms with E-state index in [1.807, 2.05) is 0 Å². The minimum atomic E-state index is -0.450. The SMILES string of the molecule is CC(C(=O)NC1COC1)N1CC(N)CCC1=O. The van der Waals surface area contributed by atoms with Gasteiger partial charge in [0.1, 0.15) is 6.04 Å². The van der Waals surface area contributed by atoms with Crippen molar-refractivity contribution in [1.29, 1.82) is 0 Å². The van der Waals surface area contributed by atoms with Crippen molar-refractivity contribution in [3.05, 3.63) is 0 Å². The number of hydrogen-bond donors (Lipinski definition) is 2. The van der Waals surface area contributed by atoms with E-state index in [1.165, 1.54) is 0 Å². The van der Waals surface area contributed by atoms with Crippen molar-refractivity contribution >= 4 is 11.8 Å². The molecule has 2 aliphatic heterocycles. The Kier molecular flexibility index (Phi) is 3.63. The molecule has 2 fully saturated rings. The fourth-order valence-electron chi connectivity index (χ4n) is 2.05. The smallest absolute Gasteiger partial charge is 0.242 e. The average molecular weight is 241 g/mol. The van der Waals surface area contributed by atoms with E-state index in [1.54, 1.807) is 11.8 Å². The van der Waals surface area contributed by atoms with E-state index in [0.29, 0.717) is 32.6 Å². The number of carbonyl (C=O) groups excluding carboxylic acids is 2. The van der Waals surface area contributed by atoms with E-state index in [-0.39, 0.29) is 23.9 Å². The van der Waals surface area contributed by atoms with Crippen LogP contribution in [0.25, 0.3) is 0 Å². The van der Waals surface area contributed by atoms with E-state index in [4.69, 9.17) is 10.5 Å². The summed E-state index contributed by atoms with van der Waals surface area (Å²) in [6.45, 7) is 3.33. The molecule has 2 aliphatic rings. The zero-order valence-electron chi connectivity index (χ0n) is 10.0. The molecule has 3 N–H and O–H groups in total. The molecule has 0 bridgehead atoms. The van der Waals surface area contributed by atoms with Crippen LogP contribution in [0.1, 0.15) is 19.8 Å². The highest BCUT2D eigenvalue weighted by Crippen LogP contribution is 2.13. The zero-order chi connectivity index (χ0) is 12.4. The van der Waals surface area contributed by atoms with Gasteiger partial charge >= 0.3 is 0 Å². The first-order valence-electron chi connectivity index (χ1n) is 6.01. The van der Waals surface area contributed by atoms with Gasteiger partial charge in [-0.3, -0.25) is 9.59 Å². The number of ether oxygens (including phenoxy) is 1. The monoisotopic (exact) mass is 241 g/mol. The van der Waals surface area contributed by atoms with E-state index in [2.05, 4.69) is 5.32 Å². The minimum Gasteiger partial charge on any atom is -0.377 e. The molecule has 0 aromatic heterocycles. The van der Waals surface area contributed by atoms with Gasteiger partial charge in [-0.25, -0.2) is 0 Å². The second-order valence-electron chi connectivity index (χ2n) is 4.76. The van der Waals surface area contributed by atoms with Gasteiger partial charge in [0, 0.05) is 19.0 Å². The molecular formula is C11H19N3O3. The largest absolute Gasteiger partial charge is 0.377 e. The van der Waals surface area contributed by atoms with Gasteiger partial charge in [-0.1, -0.05) is 0 Å². The summed E-state index contributed by atoms with van der Waals surface area (Å²) in [5, 5.41) is 2.85. The summed E-state index contributed by atoms with van der Waals surface area (Å²) in [6, 6.07) is -0.372. The Hall–Kier alpha value is -1.14. The summed E-state index contributed by atoms with van der Waals surface area (Å²) in [5.41, 5.74) is 5.82. The molecule has 0 saturated carbocycles. The highest BCUT2D eigenvalue weighted by molar-refractivity contribution is 5.88. The lowest BCUT2D eigenvalue weighted by molar-refractivity contribution is -0.143. The van der Waals surface area contributed by atoms with Gasteiger partial charge in [-0.05, 0) is 13.3 Å². The van der Waals surface area contributed by atoms with Crippen molar-refractivity contribution in [1.82, 2.24) is 10.2 Å². The maximum atomic E-state index is 11.9.